The number of hydrogen-bond donors (Lipinski definition) is 1. The lowest BCUT2D eigenvalue weighted by Crippen LogP contribution is -2.33. The lowest BCUT2D eigenvalue weighted by atomic mass is 9.89. The van der Waals surface area contributed by atoms with Crippen LogP contribution in [0, 0.1) is 0 Å². The van der Waals surface area contributed by atoms with E-state index in [-0.39, 0.29) is 5.56 Å². The molecule has 0 saturated carbocycles. The Kier molecular flexibility index (Phi) is 5.05. The van der Waals surface area contributed by atoms with Gasteiger partial charge in [-0.05, 0) is 61.7 Å². The van der Waals surface area contributed by atoms with E-state index in [2.05, 4.69) is 21.6 Å². The molecule has 0 atom stereocenters. The Bertz CT molecular complexity index is 1000. The molecule has 0 spiro atoms. The van der Waals surface area contributed by atoms with Gasteiger partial charge in [0.1, 0.15) is 11.6 Å². The lowest BCUT2D eigenvalue weighted by molar-refractivity contribution is 0.0697. The third kappa shape index (κ3) is 3.47. The summed E-state index contributed by atoms with van der Waals surface area (Å²) in [6.45, 7) is 2.78. The molecule has 0 amide bonds. The van der Waals surface area contributed by atoms with Gasteiger partial charge in [0.15, 0.2) is 0 Å². The number of para-hydroxylation sites is 1. The summed E-state index contributed by atoms with van der Waals surface area (Å²) >= 11 is 0. The van der Waals surface area contributed by atoms with Gasteiger partial charge in [-0.15, -0.1) is 0 Å². The Labute approximate surface area is 164 Å². The van der Waals surface area contributed by atoms with Gasteiger partial charge in [0, 0.05) is 7.05 Å². The highest BCUT2D eigenvalue weighted by Gasteiger charge is 2.24. The van der Waals surface area contributed by atoms with E-state index in [1.54, 1.807) is 19.2 Å². The topological polar surface area (TPSA) is 67.6 Å². The zero-order chi connectivity index (χ0) is 19.7. The van der Waals surface area contributed by atoms with E-state index in [1.807, 2.05) is 25.2 Å². The van der Waals surface area contributed by atoms with E-state index < -0.39 is 5.97 Å². The molecule has 2 aromatic carbocycles. The van der Waals surface area contributed by atoms with Crippen molar-refractivity contribution in [3.63, 3.8) is 0 Å². The van der Waals surface area contributed by atoms with Gasteiger partial charge in [0.25, 0.3) is 0 Å². The molecule has 1 aliphatic heterocycles. The predicted molar refractivity (Wildman–Crippen MR) is 108 cm³/mol. The maximum Gasteiger partial charge on any atom is 0.335 e. The maximum absolute atomic E-state index is 11.2. The molecular formula is C22H25N3O3. The highest BCUT2D eigenvalue weighted by atomic mass is 16.5. The number of carboxylic acids is 1. The number of benzene rings is 2. The molecule has 0 bridgehead atoms. The maximum atomic E-state index is 11.2. The molecule has 4 rings (SSSR count). The van der Waals surface area contributed by atoms with Crippen molar-refractivity contribution in [2.45, 2.75) is 25.3 Å². The second-order valence-electron chi connectivity index (χ2n) is 7.39. The SMILES string of the molecule is COc1ccccc1C1CCN(Cc2nc3cc(C(=O)O)ccc3n2C)CC1. The van der Waals surface area contributed by atoms with Crippen LogP contribution >= 0.6 is 0 Å². The molecule has 2 heterocycles. The standard InChI is InChI=1S/C22H25N3O3/c1-24-19-8-7-16(22(26)27)13-18(19)23-21(24)14-25-11-9-15(10-12-25)17-5-3-4-6-20(17)28-2/h3-8,13,15H,9-12,14H2,1-2H3,(H,26,27). The molecule has 1 saturated heterocycles. The second kappa shape index (κ2) is 7.64. The van der Waals surface area contributed by atoms with Gasteiger partial charge < -0.3 is 14.4 Å². The van der Waals surface area contributed by atoms with Crippen molar-refractivity contribution in [1.29, 1.82) is 0 Å². The molecule has 0 aliphatic carbocycles. The largest absolute Gasteiger partial charge is 0.496 e. The fraction of sp³-hybridized carbons (Fsp3) is 0.364. The van der Waals surface area contributed by atoms with Gasteiger partial charge in [0.2, 0.25) is 0 Å². The number of ether oxygens (including phenoxy) is 1. The smallest absolute Gasteiger partial charge is 0.335 e. The fourth-order valence-corrected chi connectivity index (χ4v) is 4.13. The van der Waals surface area contributed by atoms with Gasteiger partial charge in [0.05, 0.1) is 30.3 Å². The van der Waals surface area contributed by atoms with E-state index in [1.165, 1.54) is 5.56 Å². The zero-order valence-electron chi connectivity index (χ0n) is 16.3. The number of methoxy groups -OCH3 is 1. The Hall–Kier alpha value is -2.86. The van der Waals surface area contributed by atoms with Crippen LogP contribution in [0.5, 0.6) is 5.75 Å². The van der Waals surface area contributed by atoms with Gasteiger partial charge in [-0.25, -0.2) is 9.78 Å². The fourth-order valence-electron chi connectivity index (χ4n) is 4.13. The van der Waals surface area contributed by atoms with Crippen LogP contribution < -0.4 is 4.74 Å². The van der Waals surface area contributed by atoms with E-state index >= 15 is 0 Å². The summed E-state index contributed by atoms with van der Waals surface area (Å²) < 4.78 is 7.59. The highest BCUT2D eigenvalue weighted by Crippen LogP contribution is 2.34. The third-order valence-corrected chi connectivity index (χ3v) is 5.75. The number of aromatic nitrogens is 2. The van der Waals surface area contributed by atoms with Gasteiger partial charge >= 0.3 is 5.97 Å². The number of rotatable bonds is 5. The first kappa shape index (κ1) is 18.5. The van der Waals surface area contributed by atoms with Gasteiger partial charge in [-0.3, -0.25) is 4.90 Å². The molecule has 146 valence electrons. The van der Waals surface area contributed by atoms with E-state index in [4.69, 9.17) is 9.72 Å². The van der Waals surface area contributed by atoms with Crippen molar-refractivity contribution in [1.82, 2.24) is 14.5 Å². The van der Waals surface area contributed by atoms with Crippen LogP contribution in [-0.4, -0.2) is 45.7 Å². The van der Waals surface area contributed by atoms with Crippen LogP contribution in [-0.2, 0) is 13.6 Å². The molecule has 28 heavy (non-hydrogen) atoms. The Balaban J connectivity index is 1.46. The summed E-state index contributed by atoms with van der Waals surface area (Å²) in [6, 6.07) is 13.4. The van der Waals surface area contributed by atoms with Gasteiger partial charge in [-0.2, -0.15) is 0 Å². The Morgan fingerprint density at radius 3 is 2.68 bits per heavy atom. The van der Waals surface area contributed by atoms with E-state index in [0.29, 0.717) is 5.92 Å². The van der Waals surface area contributed by atoms with Crippen LogP contribution in [0.3, 0.4) is 0 Å². The first-order chi connectivity index (χ1) is 13.6. The Morgan fingerprint density at radius 1 is 1.21 bits per heavy atom. The van der Waals surface area contributed by atoms with Crippen LogP contribution in [0.15, 0.2) is 42.5 Å². The first-order valence-corrected chi connectivity index (χ1v) is 9.60. The Morgan fingerprint density at radius 2 is 1.96 bits per heavy atom. The molecule has 3 aromatic rings. The summed E-state index contributed by atoms with van der Waals surface area (Å²) in [5, 5.41) is 9.19. The number of carbonyl (C=O) groups is 1. The minimum Gasteiger partial charge on any atom is -0.496 e. The lowest BCUT2D eigenvalue weighted by Gasteiger charge is -2.32. The number of imidazole rings is 1. The normalized spacial score (nSPS) is 15.8. The average Bonchev–Trinajstić information content (AvgIpc) is 3.03. The van der Waals surface area contributed by atoms with Crippen molar-refractivity contribution in [3.8, 4) is 5.75 Å². The molecule has 1 aliphatic rings. The molecule has 6 heteroatoms. The van der Waals surface area contributed by atoms with Crippen LogP contribution in [0.1, 0.15) is 40.5 Å². The van der Waals surface area contributed by atoms with Crippen molar-refractivity contribution in [2.75, 3.05) is 20.2 Å². The number of likely N-dealkylation sites (tertiary alicyclic amines) is 1. The molecular weight excluding hydrogens is 354 g/mol. The van der Waals surface area contributed by atoms with Crippen molar-refractivity contribution < 1.29 is 14.6 Å². The molecule has 1 aromatic heterocycles. The van der Waals surface area contributed by atoms with Crippen molar-refractivity contribution in [2.24, 2.45) is 7.05 Å². The number of carboxylic acid groups (broad SMARTS) is 1. The van der Waals surface area contributed by atoms with E-state index in [9.17, 15) is 9.90 Å². The monoisotopic (exact) mass is 379 g/mol. The summed E-state index contributed by atoms with van der Waals surface area (Å²) in [7, 11) is 3.72. The summed E-state index contributed by atoms with van der Waals surface area (Å²) in [6.07, 6.45) is 2.18. The predicted octanol–water partition coefficient (Wildman–Crippen LogP) is 3.66. The third-order valence-electron chi connectivity index (χ3n) is 5.75. The van der Waals surface area contributed by atoms with Crippen molar-refractivity contribution >= 4 is 17.0 Å². The van der Waals surface area contributed by atoms with Crippen LogP contribution in [0.2, 0.25) is 0 Å². The molecule has 1 fully saturated rings. The number of hydrogen-bond acceptors (Lipinski definition) is 4. The van der Waals surface area contributed by atoms with Crippen LogP contribution in [0.4, 0.5) is 0 Å². The van der Waals surface area contributed by atoms with Crippen LogP contribution in [0.25, 0.3) is 11.0 Å². The average molecular weight is 379 g/mol. The second-order valence-corrected chi connectivity index (χ2v) is 7.39. The quantitative estimate of drug-likeness (QED) is 0.733. The molecule has 1 N–H and O–H groups in total. The number of nitrogens with zero attached hydrogens (tertiary/aromatic N) is 3. The number of aromatic carboxylic acids is 1. The highest BCUT2D eigenvalue weighted by molar-refractivity contribution is 5.92. The number of piperidine rings is 1. The van der Waals surface area contributed by atoms with Crippen molar-refractivity contribution in [3.05, 3.63) is 59.4 Å². The van der Waals surface area contributed by atoms with E-state index in [0.717, 1.165) is 55.1 Å². The number of aryl methyl sites for hydroxylation is 1. The number of fused-ring (bicyclic) bond motifs is 1. The minimum absolute atomic E-state index is 0.273. The zero-order valence-corrected chi connectivity index (χ0v) is 16.3. The molecule has 6 nitrogen and oxygen atoms in total. The first-order valence-electron chi connectivity index (χ1n) is 9.60. The summed E-state index contributed by atoms with van der Waals surface area (Å²) in [5.41, 5.74) is 3.27. The minimum atomic E-state index is -0.924. The van der Waals surface area contributed by atoms with Gasteiger partial charge in [-0.1, -0.05) is 18.2 Å². The summed E-state index contributed by atoms with van der Waals surface area (Å²) in [5.74, 6) is 1.54. The summed E-state index contributed by atoms with van der Waals surface area (Å²) in [4.78, 5) is 18.3. The molecule has 0 unspecified atom stereocenters. The molecule has 0 radical (unpaired) electrons.